The molecular formula is C29H37F4N5O4Si. The van der Waals surface area contributed by atoms with Gasteiger partial charge in [-0.1, -0.05) is 25.7 Å². The number of halogens is 4. The fourth-order valence-electron chi connectivity index (χ4n) is 4.89. The molecule has 43 heavy (non-hydrogen) atoms. The van der Waals surface area contributed by atoms with E-state index in [0.717, 1.165) is 18.3 Å². The molecule has 0 atom stereocenters. The third-order valence-corrected chi connectivity index (χ3v) is 9.24. The fraction of sp³-hybridized carbons (Fsp3) is 0.483. The van der Waals surface area contributed by atoms with Crippen LogP contribution in [0.3, 0.4) is 0 Å². The molecule has 2 N–H and O–H groups in total. The summed E-state index contributed by atoms with van der Waals surface area (Å²) in [5.41, 5.74) is -0.675. The Hall–Kier alpha value is -3.65. The van der Waals surface area contributed by atoms with E-state index in [4.69, 9.17) is 4.74 Å². The molecule has 0 spiro atoms. The van der Waals surface area contributed by atoms with Gasteiger partial charge < -0.3 is 29.9 Å². The van der Waals surface area contributed by atoms with E-state index in [9.17, 15) is 27.9 Å². The van der Waals surface area contributed by atoms with Gasteiger partial charge in [-0.05, 0) is 37.2 Å². The number of nitrogens with one attached hydrogen (secondary N) is 1. The molecule has 2 aromatic rings. The highest BCUT2D eigenvalue weighted by atomic mass is 28.3. The molecule has 0 saturated carbocycles. The number of piperazine rings is 1. The number of nitrogens with zero attached hydrogens (tertiary/aromatic N) is 4. The number of aromatic nitrogens is 1. The molecule has 2 aliphatic heterocycles. The van der Waals surface area contributed by atoms with Gasteiger partial charge >= 0.3 is 12.3 Å². The van der Waals surface area contributed by atoms with Gasteiger partial charge in [-0.3, -0.25) is 4.79 Å². The quantitative estimate of drug-likeness (QED) is 0.287. The molecule has 0 radical (unpaired) electrons. The van der Waals surface area contributed by atoms with Crippen molar-refractivity contribution in [3.8, 4) is 5.88 Å². The van der Waals surface area contributed by atoms with E-state index in [1.807, 2.05) is 11.9 Å². The molecule has 1 aromatic heterocycles. The number of rotatable bonds is 8. The average molecular weight is 624 g/mol. The average Bonchev–Trinajstić information content (AvgIpc) is 2.93. The molecular weight excluding hydrogens is 586 g/mol. The second-order valence-corrected chi connectivity index (χ2v) is 17.6. The Kier molecular flexibility index (Phi) is 9.69. The Balaban J connectivity index is 1.68. The number of amides is 2. The molecule has 1 aromatic carbocycles. The lowest BCUT2D eigenvalue weighted by Gasteiger charge is -2.35. The predicted octanol–water partition coefficient (Wildman–Crippen LogP) is 5.73. The number of carboxylic acid groups (broad SMARTS) is 1. The topological polar surface area (TPSA) is 98.2 Å². The number of alkyl halides is 3. The van der Waals surface area contributed by atoms with Crippen LogP contribution in [0.15, 0.2) is 30.5 Å². The third-order valence-electron chi connectivity index (χ3n) is 7.53. The Morgan fingerprint density at radius 3 is 2.37 bits per heavy atom. The molecule has 2 aliphatic rings. The van der Waals surface area contributed by atoms with Crippen LogP contribution in [-0.4, -0.2) is 92.9 Å². The lowest BCUT2D eigenvalue weighted by Crippen LogP contribution is -2.44. The van der Waals surface area contributed by atoms with Gasteiger partial charge in [0.1, 0.15) is 5.82 Å². The Labute approximate surface area is 249 Å². The number of carbonyl (C=O) groups is 2. The summed E-state index contributed by atoms with van der Waals surface area (Å²) in [6.45, 7) is 9.19. The zero-order valence-corrected chi connectivity index (χ0v) is 25.7. The molecule has 14 heteroatoms. The van der Waals surface area contributed by atoms with Crippen LogP contribution in [0.4, 0.5) is 33.7 Å². The maximum absolute atomic E-state index is 15.5. The van der Waals surface area contributed by atoms with Crippen LogP contribution < -0.4 is 15.0 Å². The van der Waals surface area contributed by atoms with Gasteiger partial charge in [-0.25, -0.2) is 14.2 Å². The zero-order valence-electron chi connectivity index (χ0n) is 24.7. The smallest absolute Gasteiger partial charge is 0.417 e. The van der Waals surface area contributed by atoms with Gasteiger partial charge in [0.2, 0.25) is 5.88 Å². The second kappa shape index (κ2) is 12.9. The number of anilines is 2. The van der Waals surface area contributed by atoms with Crippen LogP contribution in [0.1, 0.15) is 27.9 Å². The number of benzene rings is 1. The normalized spacial score (nSPS) is 16.6. The molecule has 1 saturated heterocycles. The van der Waals surface area contributed by atoms with Crippen LogP contribution >= 0.6 is 0 Å². The maximum atomic E-state index is 15.5. The van der Waals surface area contributed by atoms with Crippen molar-refractivity contribution in [2.24, 2.45) is 0 Å². The lowest BCUT2D eigenvalue weighted by molar-refractivity contribution is -0.138. The van der Waals surface area contributed by atoms with Gasteiger partial charge in [-0.2, -0.15) is 13.2 Å². The fourth-order valence-corrected chi connectivity index (χ4v) is 5.60. The minimum atomic E-state index is -4.86. The molecule has 234 valence electrons. The molecule has 2 amide bonds. The summed E-state index contributed by atoms with van der Waals surface area (Å²) in [4.78, 5) is 33.9. The van der Waals surface area contributed by atoms with E-state index in [0.29, 0.717) is 37.4 Å². The summed E-state index contributed by atoms with van der Waals surface area (Å²) < 4.78 is 63.4. The number of carbonyl (C=O) groups excluding carboxylic acids is 1. The predicted molar refractivity (Wildman–Crippen MR) is 159 cm³/mol. The molecule has 0 bridgehead atoms. The highest BCUT2D eigenvalue weighted by Crippen LogP contribution is 2.37. The van der Waals surface area contributed by atoms with E-state index in [1.165, 1.54) is 17.0 Å². The molecule has 0 unspecified atom stereocenters. The molecule has 9 nitrogen and oxygen atoms in total. The first-order chi connectivity index (χ1) is 20.1. The first-order valence-corrected chi connectivity index (χ1v) is 17.8. The van der Waals surface area contributed by atoms with Crippen molar-refractivity contribution in [3.63, 3.8) is 0 Å². The van der Waals surface area contributed by atoms with Crippen molar-refractivity contribution < 1.29 is 37.0 Å². The molecule has 0 aliphatic carbocycles. The third kappa shape index (κ3) is 8.25. The van der Waals surface area contributed by atoms with Crippen LogP contribution in [0, 0.1) is 5.82 Å². The Morgan fingerprint density at radius 2 is 1.79 bits per heavy atom. The molecule has 1 fully saturated rings. The van der Waals surface area contributed by atoms with E-state index in [-0.39, 0.29) is 43.2 Å². The van der Waals surface area contributed by atoms with Crippen molar-refractivity contribution in [2.45, 2.75) is 38.3 Å². The monoisotopic (exact) mass is 623 g/mol. The van der Waals surface area contributed by atoms with Crippen LogP contribution in [0.5, 0.6) is 5.88 Å². The number of hydrogen-bond acceptors (Lipinski definition) is 6. The SMILES string of the molecule is CN1CCN(c2cc(F)c(C3=CCN(C(=O)O)CC3)cc2NC(=O)c2cnc(OCC[Si](C)(C)C)cc2C(F)(F)F)CC1. The van der Waals surface area contributed by atoms with Crippen molar-refractivity contribution >= 4 is 37.0 Å². The van der Waals surface area contributed by atoms with Gasteiger partial charge in [0.05, 0.1) is 29.1 Å². The zero-order chi connectivity index (χ0) is 31.5. The van der Waals surface area contributed by atoms with Gasteiger partial charge in [0.15, 0.2) is 0 Å². The van der Waals surface area contributed by atoms with Gasteiger partial charge in [-0.15, -0.1) is 0 Å². The summed E-state index contributed by atoms with van der Waals surface area (Å²) in [6, 6.07) is 4.15. The largest absolute Gasteiger partial charge is 0.478 e. The highest BCUT2D eigenvalue weighted by molar-refractivity contribution is 6.76. The first-order valence-electron chi connectivity index (χ1n) is 14.1. The van der Waals surface area contributed by atoms with Crippen molar-refractivity contribution in [2.75, 3.05) is 63.1 Å². The minimum Gasteiger partial charge on any atom is -0.478 e. The Bertz CT molecular complexity index is 1390. The highest BCUT2D eigenvalue weighted by Gasteiger charge is 2.37. The van der Waals surface area contributed by atoms with Crippen LogP contribution in [0.2, 0.25) is 25.7 Å². The second-order valence-electron chi connectivity index (χ2n) is 12.0. The van der Waals surface area contributed by atoms with Crippen LogP contribution in [0.25, 0.3) is 5.57 Å². The summed E-state index contributed by atoms with van der Waals surface area (Å²) in [5, 5.41) is 11.8. The maximum Gasteiger partial charge on any atom is 0.417 e. The van der Waals surface area contributed by atoms with E-state index >= 15 is 4.39 Å². The van der Waals surface area contributed by atoms with Crippen molar-refractivity contribution in [3.05, 3.63) is 53.0 Å². The van der Waals surface area contributed by atoms with Gasteiger partial charge in [0, 0.05) is 65.2 Å². The summed E-state index contributed by atoms with van der Waals surface area (Å²) in [6.07, 6.45) is -3.25. The first kappa shape index (κ1) is 32.3. The summed E-state index contributed by atoms with van der Waals surface area (Å²) in [7, 11) is 0.456. The molecule has 4 rings (SSSR count). The number of likely N-dealkylation sites (N-methyl/N-ethyl adjacent to an activating group) is 1. The van der Waals surface area contributed by atoms with E-state index < -0.39 is 43.2 Å². The number of pyridine rings is 1. The van der Waals surface area contributed by atoms with Crippen molar-refractivity contribution in [1.82, 2.24) is 14.8 Å². The Morgan fingerprint density at radius 1 is 1.09 bits per heavy atom. The summed E-state index contributed by atoms with van der Waals surface area (Å²) in [5.74, 6) is -1.83. The molecule has 3 heterocycles. The number of hydrogen-bond donors (Lipinski definition) is 2. The van der Waals surface area contributed by atoms with Crippen LogP contribution in [-0.2, 0) is 6.18 Å². The van der Waals surface area contributed by atoms with E-state index in [2.05, 4.69) is 34.8 Å². The van der Waals surface area contributed by atoms with E-state index in [1.54, 1.807) is 6.08 Å². The standard InChI is InChI=1S/C29H37F4N5O4Si/c1-36-9-11-37(12-10-36)25-17-23(30)20(19-5-7-38(8-6-19)28(40)41)15-24(25)35-27(39)21-18-34-26(16-22(21)29(31,32)33)42-13-14-43(2,3)4/h5,15-18H,6-14H2,1-4H3,(H,35,39)(H,40,41). The summed E-state index contributed by atoms with van der Waals surface area (Å²) >= 11 is 0. The minimum absolute atomic E-state index is 0.0684. The lowest BCUT2D eigenvalue weighted by atomic mass is 9.97. The number of ether oxygens (including phenoxy) is 1. The van der Waals surface area contributed by atoms with Gasteiger partial charge in [0.25, 0.3) is 5.91 Å². The van der Waals surface area contributed by atoms with Crippen molar-refractivity contribution in [1.29, 1.82) is 0 Å².